The third-order valence-electron chi connectivity index (χ3n) is 3.37. The molecule has 1 aromatic carbocycles. The lowest BCUT2D eigenvalue weighted by Gasteiger charge is -2.33. The van der Waals surface area contributed by atoms with Crippen LogP contribution in [0.1, 0.15) is 10.4 Å². The van der Waals surface area contributed by atoms with Crippen molar-refractivity contribution in [2.24, 2.45) is 0 Å². The molecule has 0 saturated carbocycles. The number of hydrogen-bond donors (Lipinski definition) is 0. The number of piperazine rings is 1. The molecule has 1 aromatic rings. The number of hydrogen-bond acceptors (Lipinski definition) is 4. The second-order valence-corrected chi connectivity index (χ2v) is 5.10. The molecule has 1 saturated heterocycles. The molecule has 0 aromatic heterocycles. The Balaban J connectivity index is 2.12. The summed E-state index contributed by atoms with van der Waals surface area (Å²) in [6.07, 6.45) is 5.26. The predicted octanol–water partition coefficient (Wildman–Crippen LogP) is 1.64. The number of carbonyl (C=O) groups excluding carboxylic acids is 1. The molecule has 0 radical (unpaired) electrons. The number of nitro benzene ring substituents is 1. The van der Waals surface area contributed by atoms with Gasteiger partial charge in [-0.05, 0) is 6.07 Å². The monoisotopic (exact) mass is 307 g/mol. The van der Waals surface area contributed by atoms with E-state index in [2.05, 4.69) is 10.8 Å². The van der Waals surface area contributed by atoms with Crippen molar-refractivity contribution in [1.82, 2.24) is 9.80 Å². The van der Waals surface area contributed by atoms with Crippen molar-refractivity contribution in [2.45, 2.75) is 0 Å². The van der Waals surface area contributed by atoms with Crippen LogP contribution < -0.4 is 0 Å². The molecule has 1 aliphatic heterocycles. The normalized spacial score (nSPS) is 15.5. The highest BCUT2D eigenvalue weighted by Gasteiger charge is 2.24. The Morgan fingerprint density at radius 1 is 1.38 bits per heavy atom. The van der Waals surface area contributed by atoms with Gasteiger partial charge < -0.3 is 4.90 Å². The molecular weight excluding hydrogens is 294 g/mol. The maximum Gasteiger partial charge on any atom is 0.270 e. The highest BCUT2D eigenvalue weighted by atomic mass is 35.5. The molecule has 0 atom stereocenters. The largest absolute Gasteiger partial charge is 0.336 e. The average Bonchev–Trinajstić information content (AvgIpc) is 2.48. The Bertz CT molecular complexity index is 604. The summed E-state index contributed by atoms with van der Waals surface area (Å²) in [6, 6.07) is 3.88. The van der Waals surface area contributed by atoms with Crippen LogP contribution in [0.3, 0.4) is 0 Å². The molecule has 0 aliphatic carbocycles. The highest BCUT2D eigenvalue weighted by molar-refractivity contribution is 6.33. The zero-order valence-corrected chi connectivity index (χ0v) is 12.0. The van der Waals surface area contributed by atoms with E-state index in [-0.39, 0.29) is 22.2 Å². The zero-order valence-electron chi connectivity index (χ0n) is 11.3. The average molecular weight is 308 g/mol. The third-order valence-corrected chi connectivity index (χ3v) is 3.70. The minimum atomic E-state index is -0.544. The van der Waals surface area contributed by atoms with E-state index in [0.29, 0.717) is 32.7 Å². The second-order valence-electron chi connectivity index (χ2n) is 4.69. The minimum Gasteiger partial charge on any atom is -0.336 e. The molecule has 1 amide bonds. The first-order valence-corrected chi connectivity index (χ1v) is 6.79. The van der Waals surface area contributed by atoms with Gasteiger partial charge in [0.2, 0.25) is 0 Å². The first-order valence-electron chi connectivity index (χ1n) is 6.42. The number of amides is 1. The van der Waals surface area contributed by atoms with Crippen LogP contribution in [0.2, 0.25) is 5.02 Å². The Morgan fingerprint density at radius 2 is 2.05 bits per heavy atom. The van der Waals surface area contributed by atoms with Crippen LogP contribution in [0, 0.1) is 22.5 Å². The molecule has 1 aliphatic rings. The summed E-state index contributed by atoms with van der Waals surface area (Å²) in [5.41, 5.74) is 0.0185. The molecule has 6 nitrogen and oxygen atoms in total. The van der Waals surface area contributed by atoms with E-state index < -0.39 is 4.92 Å². The summed E-state index contributed by atoms with van der Waals surface area (Å²) in [5.74, 6) is 2.28. The van der Waals surface area contributed by atoms with Gasteiger partial charge in [0, 0.05) is 38.3 Å². The van der Waals surface area contributed by atoms with Gasteiger partial charge in [-0.1, -0.05) is 17.5 Å². The maximum absolute atomic E-state index is 12.4. The summed E-state index contributed by atoms with van der Waals surface area (Å²) in [7, 11) is 0. The molecule has 1 fully saturated rings. The van der Waals surface area contributed by atoms with Crippen LogP contribution in [-0.4, -0.2) is 53.4 Å². The maximum atomic E-state index is 12.4. The number of benzene rings is 1. The second kappa shape index (κ2) is 6.57. The van der Waals surface area contributed by atoms with Crippen molar-refractivity contribution in [3.8, 4) is 12.3 Å². The van der Waals surface area contributed by atoms with Crippen molar-refractivity contribution in [2.75, 3.05) is 32.7 Å². The Hall–Kier alpha value is -2.10. The van der Waals surface area contributed by atoms with Crippen LogP contribution in [0.15, 0.2) is 18.2 Å². The molecule has 2 rings (SSSR count). The van der Waals surface area contributed by atoms with E-state index in [4.69, 9.17) is 18.0 Å². The number of carbonyl (C=O) groups is 1. The summed E-state index contributed by atoms with van der Waals surface area (Å²) in [6.45, 7) is 2.98. The third kappa shape index (κ3) is 3.51. The summed E-state index contributed by atoms with van der Waals surface area (Å²) < 4.78 is 0. The number of rotatable bonds is 3. The fourth-order valence-corrected chi connectivity index (χ4v) is 2.40. The quantitative estimate of drug-likeness (QED) is 0.484. The van der Waals surface area contributed by atoms with E-state index in [1.807, 2.05) is 0 Å². The van der Waals surface area contributed by atoms with E-state index in [1.165, 1.54) is 18.2 Å². The lowest BCUT2D eigenvalue weighted by Crippen LogP contribution is -2.48. The Labute approximate surface area is 127 Å². The van der Waals surface area contributed by atoms with Crippen LogP contribution in [0.5, 0.6) is 0 Å². The van der Waals surface area contributed by atoms with Crippen LogP contribution >= 0.6 is 11.6 Å². The molecule has 0 bridgehead atoms. The number of terminal acetylenes is 1. The smallest absolute Gasteiger partial charge is 0.270 e. The van der Waals surface area contributed by atoms with E-state index in [0.717, 1.165) is 0 Å². The molecular formula is C14H14ClN3O3. The first kappa shape index (κ1) is 15.3. The predicted molar refractivity (Wildman–Crippen MR) is 79.3 cm³/mol. The number of halogens is 1. The van der Waals surface area contributed by atoms with Crippen molar-refractivity contribution >= 4 is 23.2 Å². The lowest BCUT2D eigenvalue weighted by atomic mass is 10.1. The fourth-order valence-electron chi connectivity index (χ4n) is 2.20. The van der Waals surface area contributed by atoms with Gasteiger partial charge in [-0.15, -0.1) is 6.42 Å². The van der Waals surface area contributed by atoms with Gasteiger partial charge in [0.15, 0.2) is 0 Å². The van der Waals surface area contributed by atoms with E-state index >= 15 is 0 Å². The highest BCUT2D eigenvalue weighted by Crippen LogP contribution is 2.23. The molecule has 1 heterocycles. The SMILES string of the molecule is C#CCN1CCN(C(=O)c2cc([N+](=O)[O-])ccc2Cl)CC1. The molecule has 21 heavy (non-hydrogen) atoms. The van der Waals surface area contributed by atoms with Crippen LogP contribution in [0.25, 0.3) is 0 Å². The molecule has 0 N–H and O–H groups in total. The zero-order chi connectivity index (χ0) is 15.4. The standard InChI is InChI=1S/C14H14ClN3O3/c1-2-5-16-6-8-17(9-7-16)14(19)12-10-11(18(20)21)3-4-13(12)15/h1,3-4,10H,5-9H2. The number of nitro groups is 1. The summed E-state index contributed by atoms with van der Waals surface area (Å²) in [4.78, 5) is 26.4. The summed E-state index contributed by atoms with van der Waals surface area (Å²) >= 11 is 5.99. The topological polar surface area (TPSA) is 66.7 Å². The van der Waals surface area contributed by atoms with E-state index in [1.54, 1.807) is 4.90 Å². The molecule has 7 heteroatoms. The van der Waals surface area contributed by atoms with Gasteiger partial charge in [-0.25, -0.2) is 0 Å². The Kier molecular flexibility index (Phi) is 4.78. The van der Waals surface area contributed by atoms with Gasteiger partial charge in [0.1, 0.15) is 0 Å². The van der Waals surface area contributed by atoms with E-state index in [9.17, 15) is 14.9 Å². The minimum absolute atomic E-state index is 0.145. The van der Waals surface area contributed by atoms with Crippen molar-refractivity contribution in [3.05, 3.63) is 38.9 Å². The van der Waals surface area contributed by atoms with Gasteiger partial charge in [0.25, 0.3) is 11.6 Å². The van der Waals surface area contributed by atoms with Crippen molar-refractivity contribution in [1.29, 1.82) is 0 Å². The van der Waals surface area contributed by atoms with Gasteiger partial charge >= 0.3 is 0 Å². The van der Waals surface area contributed by atoms with Crippen molar-refractivity contribution in [3.63, 3.8) is 0 Å². The summed E-state index contributed by atoms with van der Waals surface area (Å²) in [5, 5.41) is 11.0. The van der Waals surface area contributed by atoms with Gasteiger partial charge in [0.05, 0.1) is 22.1 Å². The lowest BCUT2D eigenvalue weighted by molar-refractivity contribution is -0.384. The molecule has 110 valence electrons. The van der Waals surface area contributed by atoms with Gasteiger partial charge in [-0.2, -0.15) is 0 Å². The van der Waals surface area contributed by atoms with Crippen LogP contribution in [-0.2, 0) is 0 Å². The molecule has 0 spiro atoms. The van der Waals surface area contributed by atoms with Crippen LogP contribution in [0.4, 0.5) is 5.69 Å². The first-order chi connectivity index (χ1) is 10.0. The van der Waals surface area contributed by atoms with Crippen molar-refractivity contribution < 1.29 is 9.72 Å². The Morgan fingerprint density at radius 3 is 2.62 bits per heavy atom. The number of non-ortho nitro benzene ring substituents is 1. The van der Waals surface area contributed by atoms with Gasteiger partial charge in [-0.3, -0.25) is 19.8 Å². The fraction of sp³-hybridized carbons (Fsp3) is 0.357. The number of nitrogens with zero attached hydrogens (tertiary/aromatic N) is 3. The molecule has 0 unspecified atom stereocenters.